The van der Waals surface area contributed by atoms with E-state index in [0.717, 1.165) is 11.8 Å². The molecule has 8 nitrogen and oxygen atoms in total. The molecule has 0 radical (unpaired) electrons. The van der Waals surface area contributed by atoms with Gasteiger partial charge in [0.1, 0.15) is 18.5 Å². The van der Waals surface area contributed by atoms with E-state index < -0.39 is 44.4 Å². The highest BCUT2D eigenvalue weighted by atomic mass is 28.4. The van der Waals surface area contributed by atoms with Crippen LogP contribution in [0.25, 0.3) is 0 Å². The molecule has 1 aromatic rings. The molecular formula is C24H33NO7Si. The Bertz CT molecular complexity index is 1000. The van der Waals surface area contributed by atoms with Crippen molar-refractivity contribution in [3.05, 3.63) is 23.3 Å². The predicted octanol–water partition coefficient (Wildman–Crippen LogP) is 3.35. The first-order valence-corrected chi connectivity index (χ1v) is 14.5. The van der Waals surface area contributed by atoms with Gasteiger partial charge in [0, 0.05) is 11.5 Å². The Labute approximate surface area is 195 Å². The van der Waals surface area contributed by atoms with Crippen LogP contribution in [0, 0.1) is 5.92 Å². The third kappa shape index (κ3) is 3.51. The van der Waals surface area contributed by atoms with Crippen LogP contribution >= 0.6 is 0 Å². The minimum atomic E-state index is -2.26. The van der Waals surface area contributed by atoms with E-state index in [-0.39, 0.29) is 23.7 Å². The summed E-state index contributed by atoms with van der Waals surface area (Å²) in [4.78, 5) is 25.8. The van der Waals surface area contributed by atoms with Crippen LogP contribution in [0.1, 0.15) is 56.5 Å². The van der Waals surface area contributed by atoms with Crippen molar-refractivity contribution in [1.29, 1.82) is 0 Å². The fraction of sp³-hybridized carbons (Fsp3) is 0.667. The van der Waals surface area contributed by atoms with Gasteiger partial charge in [-0.1, -0.05) is 20.8 Å². The number of carbonyl (C=O) groups excluding carboxylic acids is 2. The van der Waals surface area contributed by atoms with Crippen molar-refractivity contribution in [2.75, 3.05) is 6.79 Å². The Morgan fingerprint density at radius 3 is 2.39 bits per heavy atom. The molecule has 1 unspecified atom stereocenters. The van der Waals surface area contributed by atoms with E-state index in [4.69, 9.17) is 23.4 Å². The molecule has 1 aliphatic carbocycles. The number of amides is 1. The van der Waals surface area contributed by atoms with Gasteiger partial charge < -0.3 is 33.5 Å². The highest BCUT2D eigenvalue weighted by Crippen LogP contribution is 2.52. The van der Waals surface area contributed by atoms with Crippen molar-refractivity contribution in [1.82, 2.24) is 5.32 Å². The molecule has 1 N–H and O–H groups in total. The summed E-state index contributed by atoms with van der Waals surface area (Å²) >= 11 is 0. The molecule has 0 aromatic heterocycles. The highest BCUT2D eigenvalue weighted by Gasteiger charge is 2.62. The second-order valence-electron chi connectivity index (χ2n) is 11.4. The average Bonchev–Trinajstić information content (AvgIpc) is 3.29. The highest BCUT2D eigenvalue weighted by molar-refractivity contribution is 6.74. The summed E-state index contributed by atoms with van der Waals surface area (Å²) < 4.78 is 30.6. The van der Waals surface area contributed by atoms with Crippen molar-refractivity contribution >= 4 is 20.5 Å². The van der Waals surface area contributed by atoms with Crippen LogP contribution in [-0.4, -0.2) is 57.4 Å². The van der Waals surface area contributed by atoms with Crippen LogP contribution in [0.4, 0.5) is 0 Å². The zero-order valence-electron chi connectivity index (χ0n) is 20.3. The van der Waals surface area contributed by atoms with E-state index in [9.17, 15) is 9.59 Å². The summed E-state index contributed by atoms with van der Waals surface area (Å²) in [5.74, 6) is -0.813. The van der Waals surface area contributed by atoms with Gasteiger partial charge in [0.15, 0.2) is 25.6 Å². The smallest absolute Gasteiger partial charge is 0.252 e. The van der Waals surface area contributed by atoms with E-state index in [0.29, 0.717) is 17.1 Å². The summed E-state index contributed by atoms with van der Waals surface area (Å²) in [6, 6.07) is 3.12. The molecule has 4 aliphatic rings. The maximum Gasteiger partial charge on any atom is 0.252 e. The van der Waals surface area contributed by atoms with Gasteiger partial charge in [-0.15, -0.1) is 0 Å². The van der Waals surface area contributed by atoms with Gasteiger partial charge in [-0.25, -0.2) is 0 Å². The molecule has 1 saturated heterocycles. The SMILES string of the molecule is CC1(C)O[C@@H]2[C@@H](O[Si](C)(C)C(C)(C)C)[C@H](C=O)[C@@H]3c4cc5c(cc4C(=O)NC3[C@@H]2O1)OCO5. The number of rotatable bonds is 3. The van der Waals surface area contributed by atoms with Gasteiger partial charge >= 0.3 is 0 Å². The van der Waals surface area contributed by atoms with Gasteiger partial charge in [-0.2, -0.15) is 0 Å². The van der Waals surface area contributed by atoms with E-state index in [2.05, 4.69) is 39.2 Å². The lowest BCUT2D eigenvalue weighted by atomic mass is 9.66. The molecule has 1 amide bonds. The molecule has 1 saturated carbocycles. The second-order valence-corrected chi connectivity index (χ2v) is 16.2. The predicted molar refractivity (Wildman–Crippen MR) is 122 cm³/mol. The number of benzene rings is 1. The summed E-state index contributed by atoms with van der Waals surface area (Å²) in [6.07, 6.45) is -0.448. The van der Waals surface area contributed by atoms with Gasteiger partial charge in [0.25, 0.3) is 5.91 Å². The third-order valence-corrected chi connectivity index (χ3v) is 12.3. The van der Waals surface area contributed by atoms with Gasteiger partial charge in [0.05, 0.1) is 18.1 Å². The third-order valence-electron chi connectivity index (χ3n) is 7.86. The normalized spacial score (nSPS) is 34.2. The molecule has 3 heterocycles. The monoisotopic (exact) mass is 475 g/mol. The molecule has 2 fully saturated rings. The summed E-state index contributed by atoms with van der Waals surface area (Å²) in [7, 11) is -2.26. The number of aldehydes is 1. The van der Waals surface area contributed by atoms with Crippen LogP contribution in [-0.2, 0) is 18.7 Å². The summed E-state index contributed by atoms with van der Waals surface area (Å²) in [6.45, 7) is 14.7. The van der Waals surface area contributed by atoms with Crippen LogP contribution in [0.5, 0.6) is 11.5 Å². The van der Waals surface area contributed by atoms with Crippen LogP contribution < -0.4 is 14.8 Å². The van der Waals surface area contributed by atoms with Crippen molar-refractivity contribution in [3.63, 3.8) is 0 Å². The zero-order valence-corrected chi connectivity index (χ0v) is 21.3. The molecule has 6 atom stereocenters. The Kier molecular flexibility index (Phi) is 5.03. The van der Waals surface area contributed by atoms with Gasteiger partial charge in [0.2, 0.25) is 6.79 Å². The largest absolute Gasteiger partial charge is 0.454 e. The molecular weight excluding hydrogens is 442 g/mol. The first-order valence-electron chi connectivity index (χ1n) is 11.6. The van der Waals surface area contributed by atoms with E-state index >= 15 is 0 Å². The van der Waals surface area contributed by atoms with Crippen molar-refractivity contribution in [3.8, 4) is 11.5 Å². The quantitative estimate of drug-likeness (QED) is 0.529. The molecule has 9 heteroatoms. The first kappa shape index (κ1) is 22.8. The Morgan fingerprint density at radius 1 is 1.12 bits per heavy atom. The van der Waals surface area contributed by atoms with Crippen LogP contribution in [0.2, 0.25) is 18.1 Å². The van der Waals surface area contributed by atoms with E-state index in [1.165, 1.54) is 0 Å². The van der Waals surface area contributed by atoms with Gasteiger partial charge in [-0.05, 0) is 49.7 Å². The molecule has 0 spiro atoms. The maximum atomic E-state index is 13.1. The lowest BCUT2D eigenvalue weighted by molar-refractivity contribution is -0.155. The Balaban J connectivity index is 1.63. The minimum absolute atomic E-state index is 0.0492. The van der Waals surface area contributed by atoms with E-state index in [1.807, 2.05) is 19.9 Å². The molecule has 1 aromatic carbocycles. The van der Waals surface area contributed by atoms with Crippen molar-refractivity contribution in [2.45, 2.75) is 88.8 Å². The number of hydrogen-bond acceptors (Lipinski definition) is 7. The standard InChI is InChI=1S/C24H33NO7Si/c1-23(2,3)33(6,7)32-19-14(10-26)17-12-8-15-16(29-11-28-15)9-13(12)22(27)25-18(17)20-21(19)31-24(4,5)30-20/h8-10,14,17-21H,11H2,1-7H3,(H,25,27)/t14-,17+,18?,19+,20+,21-/m1/s1. The fourth-order valence-corrected chi connectivity index (χ4v) is 6.60. The number of nitrogens with one attached hydrogen (secondary N) is 1. The topological polar surface area (TPSA) is 92.3 Å². The second kappa shape index (κ2) is 7.28. The minimum Gasteiger partial charge on any atom is -0.454 e. The fourth-order valence-electron chi connectivity index (χ4n) is 5.27. The lowest BCUT2D eigenvalue weighted by Gasteiger charge is -2.51. The zero-order chi connectivity index (χ0) is 23.9. The number of carbonyl (C=O) groups is 2. The molecule has 180 valence electrons. The molecule has 0 bridgehead atoms. The summed E-state index contributed by atoms with van der Waals surface area (Å²) in [5.41, 5.74) is 1.26. The Hall–Kier alpha value is -1.94. The van der Waals surface area contributed by atoms with Gasteiger partial charge in [-0.3, -0.25) is 4.79 Å². The van der Waals surface area contributed by atoms with E-state index in [1.54, 1.807) is 6.07 Å². The molecule has 5 rings (SSSR count). The number of ether oxygens (including phenoxy) is 4. The first-order chi connectivity index (χ1) is 15.3. The van der Waals surface area contributed by atoms with Crippen molar-refractivity contribution < 1.29 is 33.0 Å². The van der Waals surface area contributed by atoms with Crippen molar-refractivity contribution in [2.24, 2.45) is 5.92 Å². The number of hydrogen-bond donors (Lipinski definition) is 1. The maximum absolute atomic E-state index is 13.1. The molecule has 33 heavy (non-hydrogen) atoms. The average molecular weight is 476 g/mol. The van der Waals surface area contributed by atoms with Crippen LogP contribution in [0.15, 0.2) is 12.1 Å². The molecule has 3 aliphatic heterocycles. The Morgan fingerprint density at radius 2 is 1.76 bits per heavy atom. The number of fused-ring (bicyclic) bond motifs is 6. The lowest BCUT2D eigenvalue weighted by Crippen LogP contribution is -2.66. The van der Waals surface area contributed by atoms with Crippen LogP contribution in [0.3, 0.4) is 0 Å². The summed E-state index contributed by atoms with van der Waals surface area (Å²) in [5, 5.41) is 3.06.